The van der Waals surface area contributed by atoms with E-state index in [1.54, 1.807) is 11.6 Å². The highest BCUT2D eigenvalue weighted by Crippen LogP contribution is 2.22. The zero-order valence-corrected chi connectivity index (χ0v) is 17.9. The number of aryl methyl sites for hydroxylation is 1. The van der Waals surface area contributed by atoms with Crippen molar-refractivity contribution in [3.05, 3.63) is 17.0 Å². The monoisotopic (exact) mass is 413 g/mol. The molecule has 3 rings (SSSR count). The van der Waals surface area contributed by atoms with Gasteiger partial charge in [0.2, 0.25) is 5.91 Å². The Hall–Kier alpha value is -1.64. The topological polar surface area (TPSA) is 79.7 Å². The van der Waals surface area contributed by atoms with Crippen molar-refractivity contribution in [3.8, 4) is 0 Å². The molecule has 1 aromatic heterocycles. The third-order valence-corrected chi connectivity index (χ3v) is 5.54. The molecule has 1 atom stereocenters. The number of aromatic nitrogens is 2. The maximum absolute atomic E-state index is 12.2. The van der Waals surface area contributed by atoms with Crippen molar-refractivity contribution < 1.29 is 14.3 Å². The number of ether oxygens (including phenoxy) is 1. The van der Waals surface area contributed by atoms with Gasteiger partial charge in [-0.05, 0) is 40.2 Å². The van der Waals surface area contributed by atoms with E-state index in [0.29, 0.717) is 19.2 Å². The van der Waals surface area contributed by atoms with Crippen LogP contribution in [0.15, 0.2) is 0 Å². The van der Waals surface area contributed by atoms with E-state index in [1.807, 2.05) is 18.7 Å². The summed E-state index contributed by atoms with van der Waals surface area (Å²) in [6.45, 7) is 11.2. The van der Waals surface area contributed by atoms with Crippen LogP contribution in [0.4, 0.5) is 0 Å². The van der Waals surface area contributed by atoms with Gasteiger partial charge in [-0.1, -0.05) is 0 Å². The van der Waals surface area contributed by atoms with Gasteiger partial charge in [0.25, 0.3) is 0 Å². The van der Waals surface area contributed by atoms with Crippen molar-refractivity contribution in [3.63, 3.8) is 0 Å². The molecular formula is C19H32ClN5O3. The second kappa shape index (κ2) is 10.2. The third kappa shape index (κ3) is 5.24. The minimum atomic E-state index is -0.259. The number of hydrogen-bond donors (Lipinski definition) is 1. The maximum atomic E-state index is 12.2. The van der Waals surface area contributed by atoms with Crippen LogP contribution >= 0.6 is 12.4 Å². The van der Waals surface area contributed by atoms with E-state index in [9.17, 15) is 9.59 Å². The van der Waals surface area contributed by atoms with Crippen molar-refractivity contribution in [2.75, 3.05) is 39.3 Å². The Morgan fingerprint density at radius 2 is 2.11 bits per heavy atom. The molecule has 2 fully saturated rings. The Kier molecular flexibility index (Phi) is 8.27. The molecule has 3 heterocycles. The first-order chi connectivity index (χ1) is 13.0. The van der Waals surface area contributed by atoms with Crippen LogP contribution < -0.4 is 5.32 Å². The second-order valence-corrected chi connectivity index (χ2v) is 7.41. The molecule has 0 saturated carbocycles. The van der Waals surface area contributed by atoms with E-state index in [4.69, 9.17) is 4.74 Å². The lowest BCUT2D eigenvalue weighted by Gasteiger charge is -2.41. The molecule has 1 amide bonds. The number of nitrogens with zero attached hydrogens (tertiary/aromatic N) is 4. The summed E-state index contributed by atoms with van der Waals surface area (Å²) in [5.74, 6) is -0.0485. The summed E-state index contributed by atoms with van der Waals surface area (Å²) >= 11 is 0. The Morgan fingerprint density at radius 1 is 1.32 bits per heavy atom. The molecule has 1 aromatic rings. The van der Waals surface area contributed by atoms with Crippen LogP contribution in [0.25, 0.3) is 0 Å². The van der Waals surface area contributed by atoms with Crippen molar-refractivity contribution in [2.24, 2.45) is 0 Å². The molecule has 0 spiro atoms. The van der Waals surface area contributed by atoms with Gasteiger partial charge < -0.3 is 15.0 Å². The van der Waals surface area contributed by atoms with E-state index in [0.717, 1.165) is 57.0 Å². The smallest absolute Gasteiger partial charge is 0.327 e. The number of carbonyl (C=O) groups excluding carboxylic acids is 2. The highest BCUT2D eigenvalue weighted by atomic mass is 35.5. The summed E-state index contributed by atoms with van der Waals surface area (Å²) in [5.41, 5.74) is 3.14. The van der Waals surface area contributed by atoms with Crippen LogP contribution in [0.2, 0.25) is 0 Å². The zero-order chi connectivity index (χ0) is 19.4. The quantitative estimate of drug-likeness (QED) is 0.697. The van der Waals surface area contributed by atoms with Gasteiger partial charge in [0.1, 0.15) is 6.54 Å². The summed E-state index contributed by atoms with van der Waals surface area (Å²) in [6.07, 6.45) is 2.17. The average Bonchev–Trinajstić information content (AvgIpc) is 2.90. The fraction of sp³-hybridized carbons (Fsp3) is 0.737. The molecule has 158 valence electrons. The molecule has 2 aliphatic heterocycles. The van der Waals surface area contributed by atoms with Gasteiger partial charge >= 0.3 is 5.97 Å². The maximum Gasteiger partial charge on any atom is 0.327 e. The molecule has 28 heavy (non-hydrogen) atoms. The number of rotatable bonds is 6. The molecule has 0 radical (unpaired) electrons. The third-order valence-electron chi connectivity index (χ3n) is 5.54. The predicted octanol–water partition coefficient (Wildman–Crippen LogP) is 0.881. The Morgan fingerprint density at radius 3 is 2.82 bits per heavy atom. The van der Waals surface area contributed by atoms with Crippen LogP contribution in [0.5, 0.6) is 0 Å². The summed E-state index contributed by atoms with van der Waals surface area (Å²) in [4.78, 5) is 28.5. The fourth-order valence-corrected chi connectivity index (χ4v) is 4.11. The highest BCUT2D eigenvalue weighted by Gasteiger charge is 2.30. The van der Waals surface area contributed by atoms with Gasteiger partial charge in [-0.3, -0.25) is 19.2 Å². The van der Waals surface area contributed by atoms with Crippen LogP contribution in [0.1, 0.15) is 36.7 Å². The Balaban J connectivity index is 0.00000280. The first-order valence-electron chi connectivity index (χ1n) is 9.90. The van der Waals surface area contributed by atoms with Gasteiger partial charge in [0, 0.05) is 43.5 Å². The molecule has 8 nitrogen and oxygen atoms in total. The fourth-order valence-electron chi connectivity index (χ4n) is 4.11. The van der Waals surface area contributed by atoms with Crippen LogP contribution in [0, 0.1) is 13.8 Å². The zero-order valence-electron chi connectivity index (χ0n) is 17.1. The van der Waals surface area contributed by atoms with Crippen molar-refractivity contribution in [1.82, 2.24) is 24.9 Å². The lowest BCUT2D eigenvalue weighted by Crippen LogP contribution is -2.56. The van der Waals surface area contributed by atoms with E-state index < -0.39 is 0 Å². The molecule has 1 unspecified atom stereocenters. The first-order valence-corrected chi connectivity index (χ1v) is 9.90. The van der Waals surface area contributed by atoms with Crippen LogP contribution in [-0.4, -0.2) is 76.8 Å². The second-order valence-electron chi connectivity index (χ2n) is 7.41. The molecule has 0 aliphatic carbocycles. The SMILES string of the molecule is CCOC(=O)Cn1nc(C)c(CN2CCCC(N3CCNCC3=O)C2)c1C.Cl. The normalized spacial score (nSPS) is 20.8. The standard InChI is InChI=1S/C19H31N5O3.ClH/c1-4-27-19(26)13-24-15(3)17(14(2)21-24)12-22-8-5-6-16(11-22)23-9-7-20-10-18(23)25;/h16,20H,4-13H2,1-3H3;1H. The van der Waals surface area contributed by atoms with E-state index in [-0.39, 0.29) is 30.8 Å². The summed E-state index contributed by atoms with van der Waals surface area (Å²) in [6, 6.07) is 0.295. The molecule has 0 aromatic carbocycles. The van der Waals surface area contributed by atoms with Gasteiger partial charge in [0.15, 0.2) is 0 Å². The molecule has 1 N–H and O–H groups in total. The van der Waals surface area contributed by atoms with Gasteiger partial charge in [-0.15, -0.1) is 12.4 Å². The number of nitrogens with one attached hydrogen (secondary N) is 1. The van der Waals surface area contributed by atoms with E-state index >= 15 is 0 Å². The van der Waals surface area contributed by atoms with Gasteiger partial charge in [-0.2, -0.15) is 5.10 Å². The first kappa shape index (κ1) is 22.6. The summed E-state index contributed by atoms with van der Waals surface area (Å²) < 4.78 is 6.78. The largest absolute Gasteiger partial charge is 0.465 e. The Bertz CT molecular complexity index is 693. The number of likely N-dealkylation sites (tertiary alicyclic amines) is 1. The van der Waals surface area contributed by atoms with Crippen molar-refractivity contribution in [2.45, 2.75) is 52.7 Å². The number of hydrogen-bond acceptors (Lipinski definition) is 6. The number of carbonyl (C=O) groups is 2. The lowest BCUT2D eigenvalue weighted by atomic mass is 10.0. The van der Waals surface area contributed by atoms with E-state index in [2.05, 4.69) is 15.3 Å². The van der Waals surface area contributed by atoms with Crippen molar-refractivity contribution in [1.29, 1.82) is 0 Å². The minimum Gasteiger partial charge on any atom is -0.465 e. The molecule has 0 bridgehead atoms. The average molecular weight is 414 g/mol. The predicted molar refractivity (Wildman–Crippen MR) is 108 cm³/mol. The van der Waals surface area contributed by atoms with Gasteiger partial charge in [-0.25, -0.2) is 0 Å². The van der Waals surface area contributed by atoms with E-state index in [1.165, 1.54) is 5.56 Å². The van der Waals surface area contributed by atoms with Gasteiger partial charge in [0.05, 0.1) is 18.8 Å². The summed E-state index contributed by atoms with van der Waals surface area (Å²) in [7, 11) is 0. The molecule has 2 aliphatic rings. The highest BCUT2D eigenvalue weighted by molar-refractivity contribution is 5.85. The Labute approximate surface area is 173 Å². The number of piperidine rings is 1. The lowest BCUT2D eigenvalue weighted by molar-refractivity contribution is -0.144. The van der Waals surface area contributed by atoms with Crippen molar-refractivity contribution >= 4 is 24.3 Å². The van der Waals surface area contributed by atoms with Crippen LogP contribution in [0.3, 0.4) is 0 Å². The number of halogens is 1. The number of piperazine rings is 1. The molecule has 2 saturated heterocycles. The van der Waals surface area contributed by atoms with Crippen LogP contribution in [-0.2, 0) is 27.4 Å². The number of amides is 1. The summed E-state index contributed by atoms with van der Waals surface area (Å²) in [5, 5.41) is 7.68. The minimum absolute atomic E-state index is 0. The molecule has 9 heteroatoms. The number of esters is 1. The molecular weight excluding hydrogens is 382 g/mol.